The van der Waals surface area contributed by atoms with E-state index in [1.54, 1.807) is 0 Å². The molecule has 226 valence electrons. The first-order valence-electron chi connectivity index (χ1n) is 15.1. The number of fused-ring (bicyclic) bond motifs is 1. The number of amides is 1. The van der Waals surface area contributed by atoms with Crippen LogP contribution in [0.1, 0.15) is 37.4 Å². The molecule has 0 radical (unpaired) electrons. The van der Waals surface area contributed by atoms with Gasteiger partial charge in [-0.25, -0.2) is 9.79 Å². The summed E-state index contributed by atoms with van der Waals surface area (Å²) in [4.78, 5) is 41.3. The molecule has 2 aromatic heterocycles. The molecule has 0 saturated carbocycles. The van der Waals surface area contributed by atoms with Crippen LogP contribution in [-0.2, 0) is 22.6 Å². The van der Waals surface area contributed by atoms with Crippen molar-refractivity contribution in [2.45, 2.75) is 44.8 Å². The zero-order valence-corrected chi connectivity index (χ0v) is 24.9. The summed E-state index contributed by atoms with van der Waals surface area (Å²) in [6, 6.07) is 8.22. The number of piperidine rings is 2. The van der Waals surface area contributed by atoms with E-state index >= 15 is 0 Å². The minimum absolute atomic E-state index is 0.0573. The van der Waals surface area contributed by atoms with Crippen molar-refractivity contribution in [1.29, 1.82) is 0 Å². The highest BCUT2D eigenvalue weighted by molar-refractivity contribution is 7.12. The number of carbonyl (C=O) groups is 1. The summed E-state index contributed by atoms with van der Waals surface area (Å²) >= 11 is 1.48. The van der Waals surface area contributed by atoms with Crippen LogP contribution >= 0.6 is 11.3 Å². The van der Waals surface area contributed by atoms with Gasteiger partial charge in [0.15, 0.2) is 0 Å². The van der Waals surface area contributed by atoms with Gasteiger partial charge < -0.3 is 21.1 Å². The monoisotopic (exact) mass is 596 g/mol. The maximum atomic E-state index is 13.7. The number of aromatic nitrogens is 3. The Labute approximate surface area is 249 Å². The first kappa shape index (κ1) is 28.8. The van der Waals surface area contributed by atoms with E-state index in [4.69, 9.17) is 16.2 Å². The summed E-state index contributed by atoms with van der Waals surface area (Å²) in [7, 11) is 0. The highest BCUT2D eigenvalue weighted by atomic mass is 32.1. The molecule has 12 nitrogen and oxygen atoms in total. The number of rotatable bonds is 8. The van der Waals surface area contributed by atoms with Gasteiger partial charge in [0.2, 0.25) is 5.91 Å². The fraction of sp³-hybridized carbons (Fsp3) is 0.586. The number of likely N-dealkylation sites (tertiary alicyclic amines) is 2. The van der Waals surface area contributed by atoms with E-state index in [2.05, 4.69) is 31.9 Å². The van der Waals surface area contributed by atoms with Gasteiger partial charge in [-0.1, -0.05) is 23.5 Å². The van der Waals surface area contributed by atoms with Gasteiger partial charge in [0.1, 0.15) is 5.69 Å². The minimum Gasteiger partial charge on any atom is -0.379 e. The van der Waals surface area contributed by atoms with Crippen molar-refractivity contribution in [3.8, 4) is 0 Å². The van der Waals surface area contributed by atoms with Crippen LogP contribution in [-0.4, -0.2) is 99.7 Å². The normalized spacial score (nSPS) is 19.9. The second-order valence-electron chi connectivity index (χ2n) is 11.6. The van der Waals surface area contributed by atoms with Crippen LogP contribution in [0.15, 0.2) is 34.4 Å². The number of benzene rings is 1. The van der Waals surface area contributed by atoms with Gasteiger partial charge in [-0.3, -0.25) is 23.7 Å². The standard InChI is InChI=1S/C29H41N9O3S/c30-27(31)33-28-32-22(20-42-28)19-35-9-5-21(6-10-35)26(39)36-11-7-23(8-12-36)38-25-4-2-1-3-24(25)37(29(38)40)14-13-34-15-17-41-18-16-34/h1-4,20-21,23H,5-19H2,(H4,30,31,32,33)/p+1. The Kier molecular flexibility index (Phi) is 8.89. The largest absolute Gasteiger partial charge is 0.379 e. The summed E-state index contributed by atoms with van der Waals surface area (Å²) in [5, 5.41) is 2.71. The number of guanidine groups is 1. The number of hydrogen-bond donors (Lipinski definition) is 3. The Hall–Kier alpha value is -3.26. The molecule has 0 spiro atoms. The predicted octanol–water partition coefficient (Wildman–Crippen LogP) is -0.347. The highest BCUT2D eigenvalue weighted by Gasteiger charge is 2.32. The molecule has 5 heterocycles. The van der Waals surface area contributed by atoms with E-state index in [0.717, 1.165) is 94.9 Å². The van der Waals surface area contributed by atoms with Crippen LogP contribution in [0, 0.1) is 5.92 Å². The van der Waals surface area contributed by atoms with Gasteiger partial charge >= 0.3 is 11.6 Å². The van der Waals surface area contributed by atoms with E-state index in [-0.39, 0.29) is 29.5 Å². The smallest absolute Gasteiger partial charge is 0.329 e. The third-order valence-electron chi connectivity index (χ3n) is 8.88. The number of carbonyl (C=O) groups excluding carboxylic acids is 1. The Morgan fingerprint density at radius 2 is 1.67 bits per heavy atom. The third-order valence-corrected chi connectivity index (χ3v) is 9.69. The number of nitrogens with two attached hydrogens (primary N) is 2. The maximum absolute atomic E-state index is 13.7. The first-order chi connectivity index (χ1) is 20.5. The lowest BCUT2D eigenvalue weighted by Gasteiger charge is -2.37. The molecule has 0 unspecified atom stereocenters. The van der Waals surface area contributed by atoms with Gasteiger partial charge in [-0.2, -0.15) is 0 Å². The fourth-order valence-electron chi connectivity index (χ4n) is 6.60. The van der Waals surface area contributed by atoms with E-state index < -0.39 is 0 Å². The quantitative estimate of drug-likeness (QED) is 0.237. The number of imidazole rings is 1. The fourth-order valence-corrected chi connectivity index (χ4v) is 7.32. The van der Waals surface area contributed by atoms with E-state index in [1.807, 2.05) is 31.5 Å². The van der Waals surface area contributed by atoms with Crippen molar-refractivity contribution >= 4 is 39.4 Å². The average Bonchev–Trinajstić information content (AvgIpc) is 3.56. The Bertz CT molecular complexity index is 1450. The van der Waals surface area contributed by atoms with E-state index in [9.17, 15) is 9.59 Å². The predicted molar refractivity (Wildman–Crippen MR) is 162 cm³/mol. The molecule has 3 aliphatic heterocycles. The lowest BCUT2D eigenvalue weighted by Crippen LogP contribution is -2.72. The second kappa shape index (κ2) is 12.9. The van der Waals surface area contributed by atoms with Crippen molar-refractivity contribution in [3.05, 3.63) is 45.8 Å². The molecule has 6 rings (SSSR count). The van der Waals surface area contributed by atoms with Crippen molar-refractivity contribution in [3.63, 3.8) is 0 Å². The second-order valence-corrected chi connectivity index (χ2v) is 12.4. The first-order valence-corrected chi connectivity index (χ1v) is 15.9. The molecular weight excluding hydrogens is 554 g/mol. The van der Waals surface area contributed by atoms with Crippen LogP contribution in [0.4, 0.5) is 5.13 Å². The van der Waals surface area contributed by atoms with Gasteiger partial charge in [-0.05, 0) is 50.9 Å². The molecule has 3 saturated heterocycles. The number of hydrogen-bond acceptors (Lipinski definition) is 7. The summed E-state index contributed by atoms with van der Waals surface area (Å²) in [6.45, 7) is 8.72. The minimum atomic E-state index is 0.0573. The van der Waals surface area contributed by atoms with Crippen LogP contribution in [0.2, 0.25) is 0 Å². The molecule has 1 amide bonds. The molecule has 42 heavy (non-hydrogen) atoms. The number of para-hydroxylation sites is 2. The van der Waals surface area contributed by atoms with E-state index in [0.29, 0.717) is 24.8 Å². The van der Waals surface area contributed by atoms with Crippen molar-refractivity contribution in [2.24, 2.45) is 17.4 Å². The SMILES string of the molecule is NC(N)=[NH+]c1nc(CN2CCC(C(=O)N3CCC(n4c(=O)n(CCN5CCOCC5)c5ccccc54)CC3)CC2)cs1. The zero-order valence-electron chi connectivity index (χ0n) is 24.1. The summed E-state index contributed by atoms with van der Waals surface area (Å²) < 4.78 is 9.40. The molecule has 5 N–H and O–H groups in total. The Morgan fingerprint density at radius 1 is 0.952 bits per heavy atom. The van der Waals surface area contributed by atoms with E-state index in [1.165, 1.54) is 11.3 Å². The van der Waals surface area contributed by atoms with Gasteiger partial charge in [0.05, 0.1) is 30.8 Å². The lowest BCUT2D eigenvalue weighted by molar-refractivity contribution is -0.355. The summed E-state index contributed by atoms with van der Waals surface area (Å²) in [6.07, 6.45) is 3.31. The van der Waals surface area contributed by atoms with Crippen LogP contribution in [0.5, 0.6) is 0 Å². The number of ether oxygens (including phenoxy) is 1. The van der Waals surface area contributed by atoms with Crippen LogP contribution in [0.3, 0.4) is 0 Å². The Morgan fingerprint density at radius 3 is 2.38 bits per heavy atom. The number of thiazole rings is 1. The summed E-state index contributed by atoms with van der Waals surface area (Å²) in [5.41, 5.74) is 14.0. The topological polar surface area (TPSA) is 142 Å². The average molecular weight is 597 g/mol. The molecule has 3 aliphatic rings. The molecule has 3 aromatic rings. The molecular formula is C29H42N9O3S+. The number of morpholine rings is 1. The molecule has 0 bridgehead atoms. The maximum Gasteiger partial charge on any atom is 0.329 e. The van der Waals surface area contributed by atoms with Crippen molar-refractivity contribution < 1.29 is 14.5 Å². The molecule has 0 atom stereocenters. The molecule has 0 aliphatic carbocycles. The van der Waals surface area contributed by atoms with Gasteiger partial charge in [0, 0.05) is 56.6 Å². The number of nitrogens with zero attached hydrogens (tertiary/aromatic N) is 6. The third kappa shape index (κ3) is 6.38. The van der Waals surface area contributed by atoms with Gasteiger partial charge in [-0.15, -0.1) is 4.98 Å². The zero-order chi connectivity index (χ0) is 29.1. The van der Waals surface area contributed by atoms with Gasteiger partial charge in [0.25, 0.3) is 5.13 Å². The Balaban J connectivity index is 1.03. The summed E-state index contributed by atoms with van der Waals surface area (Å²) in [5.74, 6) is 0.460. The van der Waals surface area contributed by atoms with Crippen LogP contribution < -0.4 is 22.1 Å². The lowest BCUT2D eigenvalue weighted by atomic mass is 9.93. The van der Waals surface area contributed by atoms with Crippen molar-refractivity contribution in [1.82, 2.24) is 28.8 Å². The molecule has 3 fully saturated rings. The highest BCUT2D eigenvalue weighted by Crippen LogP contribution is 2.29. The molecule has 1 aromatic carbocycles. The number of nitrogens with one attached hydrogen (secondary N) is 1. The van der Waals surface area contributed by atoms with Crippen LogP contribution in [0.25, 0.3) is 11.0 Å². The van der Waals surface area contributed by atoms with Crippen molar-refractivity contribution in [2.75, 3.05) is 59.0 Å². The molecule has 13 heteroatoms.